The molecule has 0 aliphatic rings. The van der Waals surface area contributed by atoms with Crippen LogP contribution in [0.1, 0.15) is 17.2 Å². The van der Waals surface area contributed by atoms with Crippen molar-refractivity contribution in [3.63, 3.8) is 0 Å². The summed E-state index contributed by atoms with van der Waals surface area (Å²) >= 11 is 0. The molecule has 0 amide bonds. The van der Waals surface area contributed by atoms with E-state index >= 15 is 0 Å². The Morgan fingerprint density at radius 2 is 1.13 bits per heavy atom. The summed E-state index contributed by atoms with van der Waals surface area (Å²) in [5.74, 6) is 2.05. The fourth-order valence-electron chi connectivity index (χ4n) is 3.07. The Labute approximate surface area is 177 Å². The average Bonchev–Trinajstić information content (AvgIpc) is 2.79. The molecule has 3 aromatic rings. The number of sulfonamides is 1. The highest BCUT2D eigenvalue weighted by Gasteiger charge is 2.22. The highest BCUT2D eigenvalue weighted by atomic mass is 32.2. The maximum absolute atomic E-state index is 13.0. The molecule has 1 unspecified atom stereocenters. The van der Waals surface area contributed by atoms with Crippen LogP contribution in [0.2, 0.25) is 0 Å². The molecular formula is C23H25NO5S. The van der Waals surface area contributed by atoms with E-state index in [-0.39, 0.29) is 4.90 Å². The van der Waals surface area contributed by atoms with Gasteiger partial charge in [-0.15, -0.1) is 0 Å². The Morgan fingerprint density at radius 3 is 1.60 bits per heavy atom. The summed E-state index contributed by atoms with van der Waals surface area (Å²) in [6, 6.07) is 20.8. The molecule has 0 saturated carbocycles. The van der Waals surface area contributed by atoms with Gasteiger partial charge in [-0.05, 0) is 66.1 Å². The average molecular weight is 428 g/mol. The summed E-state index contributed by atoms with van der Waals surface area (Å²) in [4.78, 5) is 0.177. The number of hydrogen-bond donors (Lipinski definition) is 1. The summed E-state index contributed by atoms with van der Waals surface area (Å²) in [5, 5.41) is 0. The van der Waals surface area contributed by atoms with E-state index < -0.39 is 16.1 Å². The second-order valence-corrected chi connectivity index (χ2v) is 8.39. The molecule has 0 aliphatic carbocycles. The zero-order valence-corrected chi connectivity index (χ0v) is 18.0. The largest absolute Gasteiger partial charge is 0.497 e. The summed E-state index contributed by atoms with van der Waals surface area (Å²) in [6.45, 7) is 0. The number of methoxy groups -OCH3 is 3. The molecule has 0 aliphatic heterocycles. The summed E-state index contributed by atoms with van der Waals surface area (Å²) < 4.78 is 44.4. The highest BCUT2D eigenvalue weighted by molar-refractivity contribution is 7.89. The molecule has 30 heavy (non-hydrogen) atoms. The van der Waals surface area contributed by atoms with E-state index in [0.717, 1.165) is 16.9 Å². The first-order valence-corrected chi connectivity index (χ1v) is 10.9. The third-order valence-electron chi connectivity index (χ3n) is 4.78. The van der Waals surface area contributed by atoms with Gasteiger partial charge in [-0.3, -0.25) is 0 Å². The zero-order chi connectivity index (χ0) is 21.6. The maximum atomic E-state index is 13.0. The van der Waals surface area contributed by atoms with E-state index in [2.05, 4.69) is 4.72 Å². The molecule has 0 fully saturated rings. The van der Waals surface area contributed by atoms with E-state index in [4.69, 9.17) is 14.2 Å². The SMILES string of the molecule is COc1ccc(CC(NS(=O)(=O)c2ccc(OC)cc2)c2ccc(OC)cc2)cc1. The number of benzene rings is 3. The first-order valence-electron chi connectivity index (χ1n) is 9.38. The van der Waals surface area contributed by atoms with Gasteiger partial charge >= 0.3 is 0 Å². The van der Waals surface area contributed by atoms with Crippen molar-refractivity contribution < 1.29 is 22.6 Å². The minimum absolute atomic E-state index is 0.177. The van der Waals surface area contributed by atoms with Crippen LogP contribution in [0.15, 0.2) is 77.7 Å². The summed E-state index contributed by atoms with van der Waals surface area (Å²) in [7, 11) is 0.998. The van der Waals surface area contributed by atoms with Crippen LogP contribution >= 0.6 is 0 Å². The second-order valence-electron chi connectivity index (χ2n) is 6.67. The molecular weight excluding hydrogens is 402 g/mol. The first-order chi connectivity index (χ1) is 14.4. The molecule has 3 rings (SSSR count). The summed E-state index contributed by atoms with van der Waals surface area (Å²) in [5.41, 5.74) is 1.82. The van der Waals surface area contributed by atoms with Crippen LogP contribution in [0.5, 0.6) is 17.2 Å². The van der Waals surface area contributed by atoms with Crippen molar-refractivity contribution in [3.8, 4) is 17.2 Å². The Balaban J connectivity index is 1.90. The minimum atomic E-state index is -3.74. The fourth-order valence-corrected chi connectivity index (χ4v) is 4.30. The molecule has 7 heteroatoms. The van der Waals surface area contributed by atoms with Gasteiger partial charge in [-0.25, -0.2) is 13.1 Å². The van der Waals surface area contributed by atoms with Gasteiger partial charge in [0.25, 0.3) is 0 Å². The standard InChI is InChI=1S/C23H25NO5S/c1-27-19-8-4-17(5-9-19)16-23(18-6-10-20(28-2)11-7-18)24-30(25,26)22-14-12-21(29-3)13-15-22/h4-15,23-24H,16H2,1-3H3. The Morgan fingerprint density at radius 1 is 0.700 bits per heavy atom. The van der Waals surface area contributed by atoms with Crippen molar-refractivity contribution in [1.82, 2.24) is 4.72 Å². The Bertz CT molecular complexity index is 1050. The quantitative estimate of drug-likeness (QED) is 0.559. The highest BCUT2D eigenvalue weighted by Crippen LogP contribution is 2.25. The van der Waals surface area contributed by atoms with Gasteiger partial charge in [0.2, 0.25) is 10.0 Å². The fraction of sp³-hybridized carbons (Fsp3) is 0.217. The predicted molar refractivity (Wildman–Crippen MR) is 116 cm³/mol. The number of ether oxygens (including phenoxy) is 3. The van der Waals surface area contributed by atoms with Gasteiger partial charge < -0.3 is 14.2 Å². The van der Waals surface area contributed by atoms with Gasteiger partial charge in [-0.1, -0.05) is 24.3 Å². The van der Waals surface area contributed by atoms with Gasteiger partial charge in [0.1, 0.15) is 17.2 Å². The van der Waals surface area contributed by atoms with Crippen LogP contribution < -0.4 is 18.9 Å². The minimum Gasteiger partial charge on any atom is -0.497 e. The topological polar surface area (TPSA) is 73.9 Å². The molecule has 1 atom stereocenters. The molecule has 6 nitrogen and oxygen atoms in total. The van der Waals surface area contributed by atoms with E-state index in [1.54, 1.807) is 26.4 Å². The van der Waals surface area contributed by atoms with Crippen LogP contribution in [0, 0.1) is 0 Å². The van der Waals surface area contributed by atoms with Gasteiger partial charge in [0, 0.05) is 0 Å². The van der Waals surface area contributed by atoms with Gasteiger partial charge in [0.05, 0.1) is 32.3 Å². The van der Waals surface area contributed by atoms with Crippen molar-refractivity contribution in [3.05, 3.63) is 83.9 Å². The van der Waals surface area contributed by atoms with Crippen LogP contribution in [0.3, 0.4) is 0 Å². The van der Waals surface area contributed by atoms with E-state index in [1.165, 1.54) is 19.2 Å². The van der Waals surface area contributed by atoms with Crippen LogP contribution in [-0.2, 0) is 16.4 Å². The molecule has 1 N–H and O–H groups in total. The molecule has 0 aromatic heterocycles. The van der Waals surface area contributed by atoms with Crippen molar-refractivity contribution in [2.45, 2.75) is 17.4 Å². The van der Waals surface area contributed by atoms with Crippen LogP contribution in [0.25, 0.3) is 0 Å². The van der Waals surface area contributed by atoms with Crippen LogP contribution in [-0.4, -0.2) is 29.7 Å². The lowest BCUT2D eigenvalue weighted by molar-refractivity contribution is 0.414. The Kier molecular flexibility index (Phi) is 6.97. The van der Waals surface area contributed by atoms with Gasteiger partial charge in [0.15, 0.2) is 0 Å². The second kappa shape index (κ2) is 9.65. The molecule has 3 aromatic carbocycles. The molecule has 0 saturated heterocycles. The van der Waals surface area contributed by atoms with E-state index in [1.807, 2.05) is 48.5 Å². The van der Waals surface area contributed by atoms with E-state index in [9.17, 15) is 8.42 Å². The van der Waals surface area contributed by atoms with Crippen molar-refractivity contribution in [1.29, 1.82) is 0 Å². The number of hydrogen-bond acceptors (Lipinski definition) is 5. The maximum Gasteiger partial charge on any atom is 0.241 e. The van der Waals surface area contributed by atoms with Crippen molar-refractivity contribution in [2.75, 3.05) is 21.3 Å². The monoisotopic (exact) mass is 427 g/mol. The van der Waals surface area contributed by atoms with Crippen LogP contribution in [0.4, 0.5) is 0 Å². The first kappa shape index (κ1) is 21.7. The number of rotatable bonds is 9. The lowest BCUT2D eigenvalue weighted by Crippen LogP contribution is -2.30. The summed E-state index contributed by atoms with van der Waals surface area (Å²) in [6.07, 6.45) is 0.478. The molecule has 0 heterocycles. The zero-order valence-electron chi connectivity index (χ0n) is 17.2. The smallest absolute Gasteiger partial charge is 0.241 e. The molecule has 0 radical (unpaired) electrons. The lowest BCUT2D eigenvalue weighted by Gasteiger charge is -2.20. The third kappa shape index (κ3) is 5.31. The molecule has 0 bridgehead atoms. The molecule has 158 valence electrons. The number of nitrogens with one attached hydrogen (secondary N) is 1. The predicted octanol–water partition coefficient (Wildman–Crippen LogP) is 3.97. The van der Waals surface area contributed by atoms with Crippen molar-refractivity contribution >= 4 is 10.0 Å². The normalized spacial score (nSPS) is 12.2. The molecule has 0 spiro atoms. The van der Waals surface area contributed by atoms with Crippen molar-refractivity contribution in [2.24, 2.45) is 0 Å². The van der Waals surface area contributed by atoms with E-state index in [0.29, 0.717) is 17.9 Å². The Hall–Kier alpha value is -3.03. The lowest BCUT2D eigenvalue weighted by atomic mass is 9.99. The van der Waals surface area contributed by atoms with Gasteiger partial charge in [-0.2, -0.15) is 0 Å². The third-order valence-corrected chi connectivity index (χ3v) is 6.27.